The molecule has 1 aliphatic carbocycles. The molecule has 0 saturated heterocycles. The number of allylic oxidation sites excluding steroid dienone is 4. The molecule has 0 heterocycles. The molecule has 0 bridgehead atoms. The third-order valence-corrected chi connectivity index (χ3v) is 4.18. The molecule has 120 valence electrons. The van der Waals surface area contributed by atoms with E-state index in [4.69, 9.17) is 0 Å². The van der Waals surface area contributed by atoms with Crippen LogP contribution in [0.3, 0.4) is 0 Å². The predicted octanol–water partition coefficient (Wildman–Crippen LogP) is 2.13. The zero-order valence-corrected chi connectivity index (χ0v) is 13.0. The van der Waals surface area contributed by atoms with Crippen LogP contribution in [0.5, 0.6) is 0 Å². The molecule has 0 fully saturated rings. The van der Waals surface area contributed by atoms with Crippen molar-refractivity contribution in [1.29, 1.82) is 0 Å². The monoisotopic (exact) mass is 336 g/mol. The summed E-state index contributed by atoms with van der Waals surface area (Å²) in [6, 6.07) is 4.22. The van der Waals surface area contributed by atoms with Crippen LogP contribution in [0.1, 0.15) is 13.8 Å². The molecule has 0 atom stereocenters. The van der Waals surface area contributed by atoms with Gasteiger partial charge in [0.05, 0.1) is 4.92 Å². The number of nitro groups is 1. The van der Waals surface area contributed by atoms with Gasteiger partial charge >= 0.3 is 10.1 Å². The van der Waals surface area contributed by atoms with Crippen molar-refractivity contribution in [3.05, 3.63) is 57.7 Å². The second-order valence-corrected chi connectivity index (χ2v) is 6.30. The van der Waals surface area contributed by atoms with Crippen LogP contribution in [0.2, 0.25) is 0 Å². The number of carbonyl (C=O) groups excluding carboxylic acids is 1. The van der Waals surface area contributed by atoms with E-state index in [1.54, 1.807) is 13.8 Å². The molecular formula is C14H12N2O6S. The van der Waals surface area contributed by atoms with E-state index < -0.39 is 15.0 Å². The summed E-state index contributed by atoms with van der Waals surface area (Å²) in [5.74, 6) is -0.181. The summed E-state index contributed by atoms with van der Waals surface area (Å²) in [5, 5.41) is 14.1. The molecule has 23 heavy (non-hydrogen) atoms. The average molecular weight is 336 g/mol. The van der Waals surface area contributed by atoms with E-state index in [1.807, 2.05) is 0 Å². The lowest BCUT2D eigenvalue weighted by molar-refractivity contribution is -0.384. The van der Waals surface area contributed by atoms with E-state index in [9.17, 15) is 23.3 Å². The quantitative estimate of drug-likeness (QED) is 0.472. The standard InChI is InChI=1S/C14H12N2O6S/c1-9-8-14(17)10(2)7-13(9)15-22-23(20,21)12-5-3-11(4-6-12)16(18)19/h3-8H,1-2H3/b15-13+. The van der Waals surface area contributed by atoms with E-state index in [2.05, 4.69) is 9.44 Å². The Morgan fingerprint density at radius 3 is 2.26 bits per heavy atom. The number of hydrogen-bond acceptors (Lipinski definition) is 7. The minimum absolute atomic E-state index is 0.181. The number of oxime groups is 1. The molecule has 0 N–H and O–H groups in total. The van der Waals surface area contributed by atoms with Crippen LogP contribution in [-0.4, -0.2) is 24.8 Å². The van der Waals surface area contributed by atoms with Crippen LogP contribution in [0.15, 0.2) is 57.6 Å². The maximum Gasteiger partial charge on any atom is 0.358 e. The fourth-order valence-corrected chi connectivity index (χ4v) is 2.47. The van der Waals surface area contributed by atoms with Gasteiger partial charge in [-0.3, -0.25) is 19.2 Å². The Morgan fingerprint density at radius 2 is 1.70 bits per heavy atom. The lowest BCUT2D eigenvalue weighted by Gasteiger charge is -2.09. The summed E-state index contributed by atoms with van der Waals surface area (Å²) >= 11 is 0. The van der Waals surface area contributed by atoms with Gasteiger partial charge in [0.2, 0.25) is 0 Å². The minimum Gasteiger partial charge on any atom is -0.290 e. The molecule has 9 heteroatoms. The van der Waals surface area contributed by atoms with Gasteiger partial charge in [-0.2, -0.15) is 8.42 Å². The number of non-ortho nitro benzene ring substituents is 1. The second-order valence-electron chi connectivity index (χ2n) is 4.78. The highest BCUT2D eigenvalue weighted by atomic mass is 32.2. The van der Waals surface area contributed by atoms with Crippen molar-refractivity contribution < 1.29 is 22.4 Å². The molecule has 0 aliphatic heterocycles. The number of rotatable bonds is 4. The fourth-order valence-electron chi connectivity index (χ4n) is 1.74. The van der Waals surface area contributed by atoms with E-state index in [-0.39, 0.29) is 22.1 Å². The molecule has 1 aromatic rings. The molecule has 0 unspecified atom stereocenters. The number of nitrogens with zero attached hydrogens (tertiary/aromatic N) is 2. The zero-order chi connectivity index (χ0) is 17.2. The van der Waals surface area contributed by atoms with Crippen molar-refractivity contribution in [2.75, 3.05) is 0 Å². The Labute approximate surface area is 132 Å². The smallest absolute Gasteiger partial charge is 0.290 e. The molecule has 8 nitrogen and oxygen atoms in total. The third-order valence-electron chi connectivity index (χ3n) is 3.06. The summed E-state index contributed by atoms with van der Waals surface area (Å²) in [6.07, 6.45) is 2.75. The van der Waals surface area contributed by atoms with Gasteiger partial charge in [-0.25, -0.2) is 0 Å². The van der Waals surface area contributed by atoms with Gasteiger partial charge in [0.15, 0.2) is 5.78 Å². The predicted molar refractivity (Wildman–Crippen MR) is 81.3 cm³/mol. The van der Waals surface area contributed by atoms with Crippen LogP contribution < -0.4 is 0 Å². The van der Waals surface area contributed by atoms with Crippen molar-refractivity contribution in [3.63, 3.8) is 0 Å². The maximum atomic E-state index is 12.0. The van der Waals surface area contributed by atoms with Crippen molar-refractivity contribution in [3.8, 4) is 0 Å². The van der Waals surface area contributed by atoms with Crippen molar-refractivity contribution in [2.24, 2.45) is 5.16 Å². The SMILES string of the molecule is CC1=C/C(=N\OS(=O)(=O)c2ccc([N+](=O)[O-])cc2)C(C)=CC1=O. The summed E-state index contributed by atoms with van der Waals surface area (Å²) in [4.78, 5) is 21.1. The van der Waals surface area contributed by atoms with Gasteiger partial charge in [-0.05, 0) is 49.3 Å². The lowest BCUT2D eigenvalue weighted by atomic mass is 9.99. The molecule has 1 aliphatic rings. The summed E-state index contributed by atoms with van der Waals surface area (Å²) < 4.78 is 28.6. The zero-order valence-electron chi connectivity index (χ0n) is 12.2. The number of benzene rings is 1. The van der Waals surface area contributed by atoms with Gasteiger partial charge in [0.25, 0.3) is 5.69 Å². The van der Waals surface area contributed by atoms with Gasteiger partial charge < -0.3 is 0 Å². The van der Waals surface area contributed by atoms with E-state index in [0.29, 0.717) is 11.1 Å². The first-order chi connectivity index (χ1) is 10.7. The highest BCUT2D eigenvalue weighted by molar-refractivity contribution is 7.86. The van der Waals surface area contributed by atoms with Crippen molar-refractivity contribution >= 4 is 27.3 Å². The number of hydrogen-bond donors (Lipinski definition) is 0. The van der Waals surface area contributed by atoms with Crippen LogP contribution in [-0.2, 0) is 19.2 Å². The Balaban J connectivity index is 2.25. The maximum absolute atomic E-state index is 12.0. The number of ketones is 1. The Hall–Kier alpha value is -2.81. The van der Waals surface area contributed by atoms with Crippen LogP contribution >= 0.6 is 0 Å². The Kier molecular flexibility index (Phi) is 4.41. The lowest BCUT2D eigenvalue weighted by Crippen LogP contribution is -2.12. The van der Waals surface area contributed by atoms with E-state index in [0.717, 1.165) is 24.3 Å². The van der Waals surface area contributed by atoms with E-state index in [1.165, 1.54) is 12.2 Å². The first-order valence-corrected chi connectivity index (χ1v) is 7.79. The average Bonchev–Trinajstić information content (AvgIpc) is 2.49. The first kappa shape index (κ1) is 16.6. The van der Waals surface area contributed by atoms with Gasteiger partial charge in [-0.15, -0.1) is 0 Å². The molecule has 0 saturated carbocycles. The molecule has 2 rings (SSSR count). The largest absolute Gasteiger partial charge is 0.358 e. The molecule has 1 aromatic carbocycles. The Bertz CT molecular complexity index is 863. The van der Waals surface area contributed by atoms with Crippen LogP contribution in [0, 0.1) is 10.1 Å². The third kappa shape index (κ3) is 3.69. The normalized spacial score (nSPS) is 16.8. The van der Waals surface area contributed by atoms with Gasteiger partial charge in [-0.1, -0.05) is 5.16 Å². The molecule has 0 amide bonds. The molecule has 0 aromatic heterocycles. The van der Waals surface area contributed by atoms with Gasteiger partial charge in [0.1, 0.15) is 10.6 Å². The van der Waals surface area contributed by atoms with E-state index >= 15 is 0 Å². The summed E-state index contributed by atoms with van der Waals surface area (Å²) in [6.45, 7) is 3.17. The van der Waals surface area contributed by atoms with Gasteiger partial charge in [0, 0.05) is 12.1 Å². The minimum atomic E-state index is -4.21. The topological polar surface area (TPSA) is 116 Å². The molecule has 0 spiro atoms. The molecular weight excluding hydrogens is 324 g/mol. The van der Waals surface area contributed by atoms with Crippen molar-refractivity contribution in [1.82, 2.24) is 0 Å². The Morgan fingerprint density at radius 1 is 1.09 bits per heavy atom. The molecule has 0 radical (unpaired) electrons. The van der Waals surface area contributed by atoms with Crippen LogP contribution in [0.4, 0.5) is 5.69 Å². The number of carbonyl (C=O) groups is 1. The fraction of sp³-hybridized carbons (Fsp3) is 0.143. The number of nitro benzene ring substituents is 1. The van der Waals surface area contributed by atoms with Crippen LogP contribution in [0.25, 0.3) is 0 Å². The first-order valence-electron chi connectivity index (χ1n) is 6.38. The highest BCUT2D eigenvalue weighted by Gasteiger charge is 2.19. The summed E-state index contributed by atoms with van der Waals surface area (Å²) in [7, 11) is -4.21. The highest BCUT2D eigenvalue weighted by Crippen LogP contribution is 2.19. The van der Waals surface area contributed by atoms with Crippen molar-refractivity contribution in [2.45, 2.75) is 18.7 Å². The summed E-state index contributed by atoms with van der Waals surface area (Å²) in [5.41, 5.74) is 0.858. The second kappa shape index (κ2) is 6.13.